The zero-order valence-corrected chi connectivity index (χ0v) is 13.2. The van der Waals surface area contributed by atoms with Crippen molar-refractivity contribution in [2.24, 2.45) is 0 Å². The van der Waals surface area contributed by atoms with Gasteiger partial charge in [0, 0.05) is 11.6 Å². The maximum absolute atomic E-state index is 12.1. The molecule has 1 aliphatic rings. The number of nitrogens with one attached hydrogen (secondary N) is 1. The fourth-order valence-corrected chi connectivity index (χ4v) is 2.43. The molecule has 1 amide bonds. The Kier molecular flexibility index (Phi) is 5.22. The lowest BCUT2D eigenvalue weighted by molar-refractivity contribution is -0.0855. The third-order valence-electron chi connectivity index (χ3n) is 3.44. The quantitative estimate of drug-likeness (QED) is 0.885. The normalized spacial score (nSPS) is 17.9. The molecule has 2 heterocycles. The summed E-state index contributed by atoms with van der Waals surface area (Å²) in [6.45, 7) is 2.48. The van der Waals surface area contributed by atoms with Crippen LogP contribution in [-0.4, -0.2) is 53.4 Å². The molecule has 8 heteroatoms. The molecule has 3 rings (SSSR count). The highest BCUT2D eigenvalue weighted by molar-refractivity contribution is 6.31. The predicted octanol–water partition coefficient (Wildman–Crippen LogP) is 1.12. The van der Waals surface area contributed by atoms with Crippen molar-refractivity contribution in [2.75, 3.05) is 26.4 Å². The van der Waals surface area contributed by atoms with Crippen LogP contribution in [0.4, 0.5) is 0 Å². The third kappa shape index (κ3) is 4.28. The molecular weight excluding hydrogens is 320 g/mol. The van der Waals surface area contributed by atoms with Gasteiger partial charge in [0.25, 0.3) is 5.91 Å². The van der Waals surface area contributed by atoms with E-state index in [2.05, 4.69) is 15.6 Å². The second kappa shape index (κ2) is 7.54. The number of carbonyl (C=O) groups is 1. The molecule has 2 aromatic rings. The molecule has 0 unspecified atom stereocenters. The lowest BCUT2D eigenvalue weighted by Gasteiger charge is -2.22. The zero-order valence-electron chi connectivity index (χ0n) is 12.4. The Morgan fingerprint density at radius 2 is 2.26 bits per heavy atom. The molecule has 1 saturated heterocycles. The molecule has 23 heavy (non-hydrogen) atoms. The van der Waals surface area contributed by atoms with E-state index in [1.54, 1.807) is 10.9 Å². The van der Waals surface area contributed by atoms with Crippen LogP contribution in [0.2, 0.25) is 5.02 Å². The second-order valence-electron chi connectivity index (χ2n) is 5.17. The minimum absolute atomic E-state index is 0.120. The van der Waals surface area contributed by atoms with E-state index in [9.17, 15) is 4.79 Å². The number of benzene rings is 1. The van der Waals surface area contributed by atoms with Crippen LogP contribution in [0.15, 0.2) is 30.5 Å². The van der Waals surface area contributed by atoms with Crippen molar-refractivity contribution < 1.29 is 14.3 Å². The summed E-state index contributed by atoms with van der Waals surface area (Å²) in [5.41, 5.74) is 1.17. The van der Waals surface area contributed by atoms with Gasteiger partial charge in [0.05, 0.1) is 38.7 Å². The molecule has 0 bridgehead atoms. The molecular formula is C15H17ClN4O3. The Balaban J connectivity index is 1.55. The highest BCUT2D eigenvalue weighted by Crippen LogP contribution is 2.15. The smallest absolute Gasteiger partial charge is 0.273 e. The van der Waals surface area contributed by atoms with E-state index in [0.29, 0.717) is 37.9 Å². The average molecular weight is 337 g/mol. The number of hydrogen-bond acceptors (Lipinski definition) is 5. The highest BCUT2D eigenvalue weighted by atomic mass is 35.5. The number of nitrogens with zero attached hydrogens (tertiary/aromatic N) is 3. The minimum Gasteiger partial charge on any atom is -0.376 e. The Hall–Kier alpha value is -1.96. The van der Waals surface area contributed by atoms with Crippen molar-refractivity contribution in [3.63, 3.8) is 0 Å². The lowest BCUT2D eigenvalue weighted by atomic mass is 10.2. The SMILES string of the molecule is O=C(NC[C@@H]1COCCO1)c1cn(Cc2ccccc2Cl)nn1. The zero-order chi connectivity index (χ0) is 16.1. The summed E-state index contributed by atoms with van der Waals surface area (Å²) in [6, 6.07) is 7.49. The molecule has 7 nitrogen and oxygen atoms in total. The molecule has 1 N–H and O–H groups in total. The van der Waals surface area contributed by atoms with E-state index >= 15 is 0 Å². The molecule has 1 aliphatic heterocycles. The van der Waals surface area contributed by atoms with Gasteiger partial charge in [-0.3, -0.25) is 4.79 Å². The molecule has 122 valence electrons. The topological polar surface area (TPSA) is 78.3 Å². The standard InChI is InChI=1S/C15H17ClN4O3/c16-13-4-2-1-3-11(13)8-20-9-14(18-19-20)15(21)17-7-12-10-22-5-6-23-12/h1-4,9,12H,5-8,10H2,(H,17,21)/t12-/m1/s1. The first-order valence-corrected chi connectivity index (χ1v) is 7.71. The fraction of sp³-hybridized carbons (Fsp3) is 0.400. The van der Waals surface area contributed by atoms with Crippen molar-refractivity contribution in [1.82, 2.24) is 20.3 Å². The number of rotatable bonds is 5. The van der Waals surface area contributed by atoms with Gasteiger partial charge in [-0.25, -0.2) is 4.68 Å². The first kappa shape index (κ1) is 15.9. The first-order chi connectivity index (χ1) is 11.2. The Morgan fingerprint density at radius 1 is 1.39 bits per heavy atom. The Labute approximate surface area is 138 Å². The van der Waals surface area contributed by atoms with Gasteiger partial charge >= 0.3 is 0 Å². The number of carbonyl (C=O) groups excluding carboxylic acids is 1. The van der Waals surface area contributed by atoms with Crippen LogP contribution >= 0.6 is 11.6 Å². The Morgan fingerprint density at radius 3 is 3.04 bits per heavy atom. The van der Waals surface area contributed by atoms with Gasteiger partial charge in [-0.05, 0) is 11.6 Å². The van der Waals surface area contributed by atoms with Gasteiger partial charge in [0.1, 0.15) is 0 Å². The van der Waals surface area contributed by atoms with E-state index in [-0.39, 0.29) is 17.7 Å². The third-order valence-corrected chi connectivity index (χ3v) is 3.81. The summed E-state index contributed by atoms with van der Waals surface area (Å²) in [6.07, 6.45) is 1.47. The predicted molar refractivity (Wildman–Crippen MR) is 83.5 cm³/mol. The summed E-state index contributed by atoms with van der Waals surface area (Å²) < 4.78 is 12.3. The lowest BCUT2D eigenvalue weighted by Crippen LogP contribution is -2.39. The van der Waals surface area contributed by atoms with Gasteiger partial charge in [-0.1, -0.05) is 35.0 Å². The van der Waals surface area contributed by atoms with E-state index in [0.717, 1.165) is 5.56 Å². The van der Waals surface area contributed by atoms with E-state index in [1.807, 2.05) is 24.3 Å². The van der Waals surface area contributed by atoms with E-state index in [1.165, 1.54) is 0 Å². The van der Waals surface area contributed by atoms with Crippen LogP contribution < -0.4 is 5.32 Å². The molecule has 1 atom stereocenters. The number of hydrogen-bond donors (Lipinski definition) is 1. The molecule has 1 aromatic carbocycles. The Bertz CT molecular complexity index is 670. The molecule has 0 aliphatic carbocycles. The maximum Gasteiger partial charge on any atom is 0.273 e. The second-order valence-corrected chi connectivity index (χ2v) is 5.58. The summed E-state index contributed by atoms with van der Waals surface area (Å²) in [7, 11) is 0. The highest BCUT2D eigenvalue weighted by Gasteiger charge is 2.17. The number of halogens is 1. The van der Waals surface area contributed by atoms with E-state index < -0.39 is 0 Å². The summed E-state index contributed by atoms with van der Waals surface area (Å²) in [5, 5.41) is 11.3. The van der Waals surface area contributed by atoms with Crippen molar-refractivity contribution in [3.05, 3.63) is 46.7 Å². The van der Waals surface area contributed by atoms with Crippen molar-refractivity contribution in [2.45, 2.75) is 12.6 Å². The minimum atomic E-state index is -0.287. The monoisotopic (exact) mass is 336 g/mol. The molecule has 0 saturated carbocycles. The van der Waals surface area contributed by atoms with Gasteiger partial charge in [0.15, 0.2) is 5.69 Å². The van der Waals surface area contributed by atoms with E-state index in [4.69, 9.17) is 21.1 Å². The number of aromatic nitrogens is 3. The van der Waals surface area contributed by atoms with Crippen LogP contribution in [0.5, 0.6) is 0 Å². The van der Waals surface area contributed by atoms with Gasteiger partial charge in [0.2, 0.25) is 0 Å². The summed E-state index contributed by atoms with van der Waals surface area (Å²) in [4.78, 5) is 12.1. The summed E-state index contributed by atoms with van der Waals surface area (Å²) >= 11 is 6.11. The van der Waals surface area contributed by atoms with Crippen molar-refractivity contribution >= 4 is 17.5 Å². The average Bonchev–Trinajstić information content (AvgIpc) is 3.04. The molecule has 1 fully saturated rings. The van der Waals surface area contributed by atoms with Gasteiger partial charge in [-0.15, -0.1) is 5.10 Å². The van der Waals surface area contributed by atoms with Crippen LogP contribution in [0.3, 0.4) is 0 Å². The fourth-order valence-electron chi connectivity index (χ4n) is 2.23. The maximum atomic E-state index is 12.1. The summed E-state index contributed by atoms with van der Waals surface area (Å²) in [5.74, 6) is -0.287. The molecule has 0 radical (unpaired) electrons. The van der Waals surface area contributed by atoms with Gasteiger partial charge < -0.3 is 14.8 Å². The van der Waals surface area contributed by atoms with Crippen LogP contribution in [0.25, 0.3) is 0 Å². The van der Waals surface area contributed by atoms with Crippen LogP contribution in [-0.2, 0) is 16.0 Å². The molecule has 0 spiro atoms. The van der Waals surface area contributed by atoms with Gasteiger partial charge in [-0.2, -0.15) is 0 Å². The van der Waals surface area contributed by atoms with Crippen molar-refractivity contribution in [3.8, 4) is 0 Å². The largest absolute Gasteiger partial charge is 0.376 e. The number of ether oxygens (including phenoxy) is 2. The van der Waals surface area contributed by atoms with Crippen LogP contribution in [0.1, 0.15) is 16.1 Å². The van der Waals surface area contributed by atoms with Crippen LogP contribution in [0, 0.1) is 0 Å². The first-order valence-electron chi connectivity index (χ1n) is 7.33. The molecule has 1 aromatic heterocycles. The van der Waals surface area contributed by atoms with Crippen molar-refractivity contribution in [1.29, 1.82) is 0 Å². The number of amides is 1.